The zero-order valence-corrected chi connectivity index (χ0v) is 12.2. The van der Waals surface area contributed by atoms with E-state index in [0.717, 1.165) is 13.0 Å². The average molecular weight is 266 g/mol. The Labute approximate surface area is 116 Å². The maximum absolute atomic E-state index is 12.1. The highest BCUT2D eigenvalue weighted by Gasteiger charge is 2.25. The van der Waals surface area contributed by atoms with Crippen molar-refractivity contribution in [2.24, 2.45) is 0 Å². The lowest BCUT2D eigenvalue weighted by Gasteiger charge is -2.35. The van der Waals surface area contributed by atoms with Gasteiger partial charge in [0, 0.05) is 19.6 Å². The fourth-order valence-corrected chi connectivity index (χ4v) is 2.92. The minimum absolute atomic E-state index is 0.0541. The van der Waals surface area contributed by atoms with Crippen molar-refractivity contribution in [2.75, 3.05) is 19.6 Å². The summed E-state index contributed by atoms with van der Waals surface area (Å²) in [5.74, 6) is 0. The number of ether oxygens (including phenoxy) is 1. The van der Waals surface area contributed by atoms with Gasteiger partial charge in [0.2, 0.25) is 0 Å². The van der Waals surface area contributed by atoms with Gasteiger partial charge in [0.25, 0.3) is 0 Å². The summed E-state index contributed by atoms with van der Waals surface area (Å²) in [5, 5.41) is 3.03. The standard InChI is InChI=1S/C15H26N2O2/c1-12-10-17(11-13(2)19-12)15(18)16-9-8-14-6-4-3-5-7-14/h6,12-13H,3-5,7-11H2,1-2H3,(H,16,18). The number of carbonyl (C=O) groups is 1. The molecule has 0 spiro atoms. The summed E-state index contributed by atoms with van der Waals surface area (Å²) in [7, 11) is 0. The number of allylic oxidation sites excluding steroid dienone is 1. The van der Waals surface area contributed by atoms with Crippen LogP contribution in [-0.4, -0.2) is 42.8 Å². The predicted octanol–water partition coefficient (Wildman–Crippen LogP) is 2.70. The number of nitrogens with one attached hydrogen (secondary N) is 1. The van der Waals surface area contributed by atoms with Crippen LogP contribution in [0, 0.1) is 0 Å². The molecule has 2 amide bonds. The zero-order valence-electron chi connectivity index (χ0n) is 12.2. The molecule has 0 bridgehead atoms. The number of hydrogen-bond acceptors (Lipinski definition) is 2. The van der Waals surface area contributed by atoms with Gasteiger partial charge in [-0.1, -0.05) is 11.6 Å². The van der Waals surface area contributed by atoms with Gasteiger partial charge < -0.3 is 15.0 Å². The summed E-state index contributed by atoms with van der Waals surface area (Å²) in [4.78, 5) is 13.9. The van der Waals surface area contributed by atoms with E-state index in [1.54, 1.807) is 0 Å². The Morgan fingerprint density at radius 3 is 2.74 bits per heavy atom. The van der Waals surface area contributed by atoms with Crippen LogP contribution in [-0.2, 0) is 4.74 Å². The molecule has 1 aliphatic carbocycles. The van der Waals surface area contributed by atoms with Crippen molar-refractivity contribution in [3.8, 4) is 0 Å². The number of hydrogen-bond donors (Lipinski definition) is 1. The van der Waals surface area contributed by atoms with Crippen molar-refractivity contribution < 1.29 is 9.53 Å². The second-order valence-corrected chi connectivity index (χ2v) is 5.75. The minimum Gasteiger partial charge on any atom is -0.372 e. The number of morpholine rings is 1. The van der Waals surface area contributed by atoms with Gasteiger partial charge in [-0.25, -0.2) is 4.79 Å². The monoisotopic (exact) mass is 266 g/mol. The maximum atomic E-state index is 12.1. The lowest BCUT2D eigenvalue weighted by atomic mass is 9.97. The van der Waals surface area contributed by atoms with E-state index in [4.69, 9.17) is 4.74 Å². The molecule has 4 heteroatoms. The Hall–Kier alpha value is -1.03. The third kappa shape index (κ3) is 4.53. The molecule has 2 atom stereocenters. The van der Waals surface area contributed by atoms with E-state index in [0.29, 0.717) is 13.1 Å². The molecule has 108 valence electrons. The van der Waals surface area contributed by atoms with Crippen molar-refractivity contribution in [1.82, 2.24) is 10.2 Å². The SMILES string of the molecule is CC1CN(C(=O)NCCC2=CCCCC2)CC(C)O1. The highest BCUT2D eigenvalue weighted by molar-refractivity contribution is 5.74. The Bertz CT molecular complexity index is 331. The first-order valence-corrected chi connectivity index (χ1v) is 7.51. The highest BCUT2D eigenvalue weighted by atomic mass is 16.5. The topological polar surface area (TPSA) is 41.6 Å². The van der Waals surface area contributed by atoms with Gasteiger partial charge in [0.05, 0.1) is 12.2 Å². The summed E-state index contributed by atoms with van der Waals surface area (Å²) in [6.45, 7) is 6.17. The molecule has 0 saturated carbocycles. The van der Waals surface area contributed by atoms with Crippen LogP contribution >= 0.6 is 0 Å². The molecule has 1 fully saturated rings. The van der Waals surface area contributed by atoms with E-state index in [-0.39, 0.29) is 18.2 Å². The van der Waals surface area contributed by atoms with Gasteiger partial charge in [0.15, 0.2) is 0 Å². The summed E-state index contributed by atoms with van der Waals surface area (Å²) in [5.41, 5.74) is 1.51. The molecule has 1 N–H and O–H groups in total. The second-order valence-electron chi connectivity index (χ2n) is 5.75. The van der Waals surface area contributed by atoms with Gasteiger partial charge in [-0.05, 0) is 46.0 Å². The van der Waals surface area contributed by atoms with Crippen LogP contribution in [0.2, 0.25) is 0 Å². The fraction of sp³-hybridized carbons (Fsp3) is 0.800. The quantitative estimate of drug-likeness (QED) is 0.798. The van der Waals surface area contributed by atoms with E-state index < -0.39 is 0 Å². The fourth-order valence-electron chi connectivity index (χ4n) is 2.92. The first kappa shape index (κ1) is 14.4. The lowest BCUT2D eigenvalue weighted by molar-refractivity contribution is -0.0544. The molecule has 1 aliphatic heterocycles. The highest BCUT2D eigenvalue weighted by Crippen LogP contribution is 2.19. The predicted molar refractivity (Wildman–Crippen MR) is 76.1 cm³/mol. The van der Waals surface area contributed by atoms with Gasteiger partial charge in [0.1, 0.15) is 0 Å². The number of nitrogens with zero attached hydrogens (tertiary/aromatic N) is 1. The van der Waals surface area contributed by atoms with E-state index >= 15 is 0 Å². The van der Waals surface area contributed by atoms with Crippen LogP contribution in [0.15, 0.2) is 11.6 Å². The van der Waals surface area contributed by atoms with Crippen molar-refractivity contribution >= 4 is 6.03 Å². The van der Waals surface area contributed by atoms with Crippen molar-refractivity contribution in [3.63, 3.8) is 0 Å². The molecule has 1 heterocycles. The van der Waals surface area contributed by atoms with Crippen molar-refractivity contribution in [2.45, 2.75) is 58.2 Å². The number of carbonyl (C=O) groups excluding carboxylic acids is 1. The third-order valence-corrected chi connectivity index (χ3v) is 3.81. The van der Waals surface area contributed by atoms with Crippen LogP contribution in [0.1, 0.15) is 46.0 Å². The molecule has 0 aromatic rings. The molecule has 2 rings (SSSR count). The van der Waals surface area contributed by atoms with Crippen molar-refractivity contribution in [3.05, 3.63) is 11.6 Å². The molecular formula is C15H26N2O2. The summed E-state index contributed by atoms with van der Waals surface area (Å²) < 4.78 is 5.64. The van der Waals surface area contributed by atoms with Gasteiger partial charge in [-0.15, -0.1) is 0 Å². The molecule has 2 aliphatic rings. The molecule has 2 unspecified atom stereocenters. The first-order valence-electron chi connectivity index (χ1n) is 7.51. The van der Waals surface area contributed by atoms with E-state index in [2.05, 4.69) is 11.4 Å². The molecule has 4 nitrogen and oxygen atoms in total. The van der Waals surface area contributed by atoms with Crippen LogP contribution in [0.4, 0.5) is 4.79 Å². The Kier molecular flexibility index (Phi) is 5.25. The molecule has 1 saturated heterocycles. The molecule has 19 heavy (non-hydrogen) atoms. The lowest BCUT2D eigenvalue weighted by Crippen LogP contribution is -2.51. The number of urea groups is 1. The van der Waals surface area contributed by atoms with Crippen LogP contribution < -0.4 is 5.32 Å². The number of rotatable bonds is 3. The Balaban J connectivity index is 1.70. The second kappa shape index (κ2) is 6.94. The van der Waals surface area contributed by atoms with Crippen LogP contribution in [0.5, 0.6) is 0 Å². The van der Waals surface area contributed by atoms with Gasteiger partial charge in [-0.3, -0.25) is 0 Å². The normalized spacial score (nSPS) is 27.9. The molecule has 0 aromatic heterocycles. The molecule has 0 radical (unpaired) electrons. The summed E-state index contributed by atoms with van der Waals surface area (Å²) in [6.07, 6.45) is 8.66. The van der Waals surface area contributed by atoms with Crippen molar-refractivity contribution in [1.29, 1.82) is 0 Å². The summed E-state index contributed by atoms with van der Waals surface area (Å²) >= 11 is 0. The molecule has 0 aromatic carbocycles. The molecular weight excluding hydrogens is 240 g/mol. The zero-order chi connectivity index (χ0) is 13.7. The van der Waals surface area contributed by atoms with Gasteiger partial charge >= 0.3 is 6.03 Å². The smallest absolute Gasteiger partial charge is 0.317 e. The van der Waals surface area contributed by atoms with E-state index in [1.165, 1.54) is 31.3 Å². The van der Waals surface area contributed by atoms with Crippen LogP contribution in [0.25, 0.3) is 0 Å². The summed E-state index contributed by atoms with van der Waals surface area (Å²) in [6, 6.07) is 0.0541. The van der Waals surface area contributed by atoms with E-state index in [1.807, 2.05) is 18.7 Å². The minimum atomic E-state index is 0.0541. The van der Waals surface area contributed by atoms with E-state index in [9.17, 15) is 4.79 Å². The number of amides is 2. The largest absolute Gasteiger partial charge is 0.372 e. The van der Waals surface area contributed by atoms with Gasteiger partial charge in [-0.2, -0.15) is 0 Å². The average Bonchev–Trinajstić information content (AvgIpc) is 2.38. The first-order chi connectivity index (χ1) is 9.15. The Morgan fingerprint density at radius 1 is 1.37 bits per heavy atom. The van der Waals surface area contributed by atoms with Crippen LogP contribution in [0.3, 0.4) is 0 Å². The Morgan fingerprint density at radius 2 is 2.11 bits per heavy atom. The maximum Gasteiger partial charge on any atom is 0.317 e. The third-order valence-electron chi connectivity index (χ3n) is 3.81.